The molecule has 0 radical (unpaired) electrons. The van der Waals surface area contributed by atoms with Crippen LogP contribution >= 0.6 is 11.6 Å². The summed E-state index contributed by atoms with van der Waals surface area (Å²) in [5, 5.41) is 0. The summed E-state index contributed by atoms with van der Waals surface area (Å²) in [5.41, 5.74) is 2.64. The SMILES string of the molecule is ClCCN(c1ncnc2c1CCC2)C1CCC1. The van der Waals surface area contributed by atoms with Crippen LogP contribution in [0.2, 0.25) is 0 Å². The van der Waals surface area contributed by atoms with Gasteiger partial charge in [0.1, 0.15) is 12.1 Å². The van der Waals surface area contributed by atoms with Crippen molar-refractivity contribution in [2.75, 3.05) is 17.3 Å². The largest absolute Gasteiger partial charge is 0.352 e. The number of hydrogen-bond acceptors (Lipinski definition) is 3. The smallest absolute Gasteiger partial charge is 0.135 e. The highest BCUT2D eigenvalue weighted by Gasteiger charge is 2.29. The van der Waals surface area contributed by atoms with Crippen LogP contribution in [0.15, 0.2) is 6.33 Å². The Bertz CT molecular complexity index is 404. The highest BCUT2D eigenvalue weighted by atomic mass is 35.5. The fraction of sp³-hybridized carbons (Fsp3) is 0.692. The van der Waals surface area contributed by atoms with Crippen LogP contribution in [-0.2, 0) is 12.8 Å². The van der Waals surface area contributed by atoms with Crippen LogP contribution in [0, 0.1) is 0 Å². The first-order valence-electron chi connectivity index (χ1n) is 6.55. The van der Waals surface area contributed by atoms with Crippen LogP contribution in [0.25, 0.3) is 0 Å². The summed E-state index contributed by atoms with van der Waals surface area (Å²) in [6.45, 7) is 0.912. The average Bonchev–Trinajstić information content (AvgIpc) is 2.73. The predicted molar refractivity (Wildman–Crippen MR) is 69.8 cm³/mol. The molecule has 0 atom stereocenters. The Morgan fingerprint density at radius 1 is 1.24 bits per heavy atom. The van der Waals surface area contributed by atoms with E-state index in [1.54, 1.807) is 6.33 Å². The molecule has 1 heterocycles. The molecule has 0 N–H and O–H groups in total. The minimum absolute atomic E-state index is 0.661. The average molecular weight is 252 g/mol. The first-order chi connectivity index (χ1) is 8.40. The Morgan fingerprint density at radius 2 is 2.12 bits per heavy atom. The topological polar surface area (TPSA) is 29.0 Å². The van der Waals surface area contributed by atoms with Gasteiger partial charge in [-0.2, -0.15) is 0 Å². The van der Waals surface area contributed by atoms with E-state index in [-0.39, 0.29) is 0 Å². The van der Waals surface area contributed by atoms with E-state index in [0.29, 0.717) is 11.9 Å². The van der Waals surface area contributed by atoms with Gasteiger partial charge in [-0.15, -0.1) is 11.6 Å². The number of nitrogens with zero attached hydrogens (tertiary/aromatic N) is 3. The molecule has 0 spiro atoms. The molecule has 92 valence electrons. The van der Waals surface area contributed by atoms with Gasteiger partial charge in [0.05, 0.1) is 0 Å². The van der Waals surface area contributed by atoms with Crippen LogP contribution in [0.5, 0.6) is 0 Å². The van der Waals surface area contributed by atoms with Crippen LogP contribution in [0.1, 0.15) is 36.9 Å². The zero-order valence-electron chi connectivity index (χ0n) is 10.0. The minimum Gasteiger partial charge on any atom is -0.352 e. The van der Waals surface area contributed by atoms with Crippen LogP contribution in [0.4, 0.5) is 5.82 Å². The number of halogens is 1. The number of alkyl halides is 1. The molecule has 1 aromatic heterocycles. The van der Waals surface area contributed by atoms with Crippen LogP contribution in [0.3, 0.4) is 0 Å². The Kier molecular flexibility index (Phi) is 3.19. The van der Waals surface area contributed by atoms with E-state index in [0.717, 1.165) is 25.2 Å². The lowest BCUT2D eigenvalue weighted by Gasteiger charge is -2.38. The van der Waals surface area contributed by atoms with Gasteiger partial charge in [-0.3, -0.25) is 0 Å². The quantitative estimate of drug-likeness (QED) is 0.771. The summed E-state index contributed by atoms with van der Waals surface area (Å²) in [6, 6.07) is 0.661. The van der Waals surface area contributed by atoms with Crippen molar-refractivity contribution in [1.82, 2.24) is 9.97 Å². The van der Waals surface area contributed by atoms with Crippen molar-refractivity contribution in [1.29, 1.82) is 0 Å². The molecule has 17 heavy (non-hydrogen) atoms. The number of rotatable bonds is 4. The number of hydrogen-bond donors (Lipinski definition) is 0. The lowest BCUT2D eigenvalue weighted by molar-refractivity contribution is 0.388. The van der Waals surface area contributed by atoms with Crippen molar-refractivity contribution in [3.63, 3.8) is 0 Å². The molecule has 0 unspecified atom stereocenters. The second-order valence-electron chi connectivity index (χ2n) is 4.94. The lowest BCUT2D eigenvalue weighted by atomic mass is 9.91. The molecule has 4 heteroatoms. The van der Waals surface area contributed by atoms with Crippen molar-refractivity contribution < 1.29 is 0 Å². The predicted octanol–water partition coefficient (Wildman–Crippen LogP) is 2.56. The second kappa shape index (κ2) is 4.81. The van der Waals surface area contributed by atoms with Crippen molar-refractivity contribution in [3.05, 3.63) is 17.6 Å². The van der Waals surface area contributed by atoms with E-state index >= 15 is 0 Å². The van der Waals surface area contributed by atoms with Gasteiger partial charge in [0.25, 0.3) is 0 Å². The molecule has 2 aliphatic rings. The lowest BCUT2D eigenvalue weighted by Crippen LogP contribution is -2.42. The Hall–Kier alpha value is -0.830. The fourth-order valence-electron chi connectivity index (χ4n) is 2.84. The highest BCUT2D eigenvalue weighted by Crippen LogP contribution is 2.33. The summed E-state index contributed by atoms with van der Waals surface area (Å²) in [5.74, 6) is 1.84. The molecule has 0 aliphatic heterocycles. The fourth-order valence-corrected chi connectivity index (χ4v) is 3.02. The van der Waals surface area contributed by atoms with Gasteiger partial charge in [-0.05, 0) is 38.5 Å². The monoisotopic (exact) mass is 251 g/mol. The number of aryl methyl sites for hydroxylation is 1. The third-order valence-corrected chi connectivity index (χ3v) is 4.13. The standard InChI is InChI=1S/C13H18ClN3/c14-7-8-17(10-3-1-4-10)13-11-5-2-6-12(11)15-9-16-13/h9-10H,1-8H2. The molecule has 3 rings (SSSR count). The van der Waals surface area contributed by atoms with E-state index in [1.165, 1.54) is 36.9 Å². The molecular formula is C13H18ClN3. The molecule has 1 fully saturated rings. The first kappa shape index (κ1) is 11.3. The van der Waals surface area contributed by atoms with Crippen molar-refractivity contribution in [2.24, 2.45) is 0 Å². The molecular weight excluding hydrogens is 234 g/mol. The summed E-state index contributed by atoms with van der Waals surface area (Å²) >= 11 is 5.94. The van der Waals surface area contributed by atoms with Gasteiger partial charge >= 0.3 is 0 Å². The molecule has 0 bridgehead atoms. The Balaban J connectivity index is 1.92. The van der Waals surface area contributed by atoms with E-state index in [1.807, 2.05) is 0 Å². The number of aromatic nitrogens is 2. The zero-order valence-corrected chi connectivity index (χ0v) is 10.8. The van der Waals surface area contributed by atoms with Gasteiger partial charge < -0.3 is 4.90 Å². The van der Waals surface area contributed by atoms with Gasteiger partial charge in [-0.1, -0.05) is 0 Å². The van der Waals surface area contributed by atoms with Crippen molar-refractivity contribution in [2.45, 2.75) is 44.6 Å². The van der Waals surface area contributed by atoms with Gasteiger partial charge in [0, 0.05) is 29.7 Å². The van der Waals surface area contributed by atoms with Crippen molar-refractivity contribution in [3.8, 4) is 0 Å². The first-order valence-corrected chi connectivity index (χ1v) is 7.09. The van der Waals surface area contributed by atoms with E-state index in [2.05, 4.69) is 14.9 Å². The van der Waals surface area contributed by atoms with E-state index in [4.69, 9.17) is 11.6 Å². The molecule has 1 saturated carbocycles. The van der Waals surface area contributed by atoms with Crippen LogP contribution < -0.4 is 4.90 Å². The second-order valence-corrected chi connectivity index (χ2v) is 5.32. The maximum atomic E-state index is 5.94. The summed E-state index contributed by atoms with van der Waals surface area (Å²) in [4.78, 5) is 11.3. The number of fused-ring (bicyclic) bond motifs is 1. The third-order valence-electron chi connectivity index (χ3n) is 3.97. The summed E-state index contributed by atoms with van der Waals surface area (Å²) in [6.07, 6.45) is 9.11. The van der Waals surface area contributed by atoms with Crippen molar-refractivity contribution >= 4 is 17.4 Å². The molecule has 0 amide bonds. The zero-order chi connectivity index (χ0) is 11.7. The van der Waals surface area contributed by atoms with Gasteiger partial charge in [0.15, 0.2) is 0 Å². The van der Waals surface area contributed by atoms with E-state index in [9.17, 15) is 0 Å². The molecule has 2 aliphatic carbocycles. The van der Waals surface area contributed by atoms with Gasteiger partial charge in [-0.25, -0.2) is 9.97 Å². The molecule has 0 saturated heterocycles. The Morgan fingerprint density at radius 3 is 2.82 bits per heavy atom. The van der Waals surface area contributed by atoms with Gasteiger partial charge in [0.2, 0.25) is 0 Å². The molecule has 1 aromatic rings. The summed E-state index contributed by atoms with van der Waals surface area (Å²) in [7, 11) is 0. The molecule has 3 nitrogen and oxygen atoms in total. The summed E-state index contributed by atoms with van der Waals surface area (Å²) < 4.78 is 0. The normalized spacial score (nSPS) is 18.9. The molecule has 0 aromatic carbocycles. The van der Waals surface area contributed by atoms with E-state index < -0.39 is 0 Å². The Labute approximate surface area is 107 Å². The van der Waals surface area contributed by atoms with Crippen LogP contribution in [-0.4, -0.2) is 28.4 Å². The number of anilines is 1. The maximum absolute atomic E-state index is 5.94. The highest BCUT2D eigenvalue weighted by molar-refractivity contribution is 6.18. The third kappa shape index (κ3) is 2.01. The minimum atomic E-state index is 0.661. The maximum Gasteiger partial charge on any atom is 0.135 e.